The van der Waals surface area contributed by atoms with Crippen LogP contribution in [0.15, 0.2) is 22.8 Å². The number of aliphatic carboxylic acids is 1. The number of likely N-dealkylation sites (N-methyl/N-ethyl adjacent to an activating group) is 1. The van der Waals surface area contributed by atoms with Crippen LogP contribution in [0.2, 0.25) is 0 Å². The fourth-order valence-electron chi connectivity index (χ4n) is 2.31. The second kappa shape index (κ2) is 7.51. The third kappa shape index (κ3) is 4.78. The zero-order valence-electron chi connectivity index (χ0n) is 12.0. The number of rotatable bonds is 6. The molecule has 1 atom stereocenters. The van der Waals surface area contributed by atoms with Crippen molar-refractivity contribution in [2.24, 2.45) is 0 Å². The summed E-state index contributed by atoms with van der Waals surface area (Å²) in [7, 11) is 1.73. The van der Waals surface area contributed by atoms with Gasteiger partial charge in [-0.05, 0) is 12.1 Å². The van der Waals surface area contributed by atoms with Gasteiger partial charge in [0.15, 0.2) is 0 Å². The van der Waals surface area contributed by atoms with E-state index in [4.69, 9.17) is 9.52 Å². The minimum atomic E-state index is -0.816. The molecule has 1 aromatic rings. The Morgan fingerprint density at radius 3 is 3.05 bits per heavy atom. The van der Waals surface area contributed by atoms with Crippen LogP contribution in [0, 0.1) is 0 Å². The summed E-state index contributed by atoms with van der Waals surface area (Å²) < 4.78 is 5.23. The van der Waals surface area contributed by atoms with Crippen molar-refractivity contribution in [1.82, 2.24) is 9.80 Å². The molecule has 1 aromatic heterocycles. The maximum atomic E-state index is 12.3. The van der Waals surface area contributed by atoms with E-state index in [-0.39, 0.29) is 24.9 Å². The van der Waals surface area contributed by atoms with Crippen LogP contribution < -0.4 is 0 Å². The van der Waals surface area contributed by atoms with Crippen LogP contribution >= 0.6 is 11.8 Å². The first kappa shape index (κ1) is 15.9. The van der Waals surface area contributed by atoms with Crippen LogP contribution in [-0.2, 0) is 16.1 Å². The van der Waals surface area contributed by atoms with Gasteiger partial charge in [0, 0.05) is 31.1 Å². The van der Waals surface area contributed by atoms with E-state index in [9.17, 15) is 9.59 Å². The highest BCUT2D eigenvalue weighted by Gasteiger charge is 2.27. The van der Waals surface area contributed by atoms with Gasteiger partial charge in [-0.25, -0.2) is 0 Å². The number of hydrogen-bond donors (Lipinski definition) is 1. The Balaban J connectivity index is 1.88. The van der Waals surface area contributed by atoms with E-state index in [0.29, 0.717) is 6.54 Å². The van der Waals surface area contributed by atoms with Gasteiger partial charge in [0.05, 0.1) is 25.8 Å². The summed E-state index contributed by atoms with van der Waals surface area (Å²) in [5, 5.41) is 8.95. The Labute approximate surface area is 128 Å². The van der Waals surface area contributed by atoms with Gasteiger partial charge in [-0.2, -0.15) is 11.8 Å². The number of nitrogens with zero attached hydrogens (tertiary/aromatic N) is 2. The molecule has 0 spiro atoms. The summed E-state index contributed by atoms with van der Waals surface area (Å²) in [4.78, 5) is 26.7. The maximum Gasteiger partial charge on any atom is 0.304 e. The molecule has 1 unspecified atom stereocenters. The molecule has 7 heteroatoms. The van der Waals surface area contributed by atoms with E-state index in [1.165, 1.54) is 0 Å². The van der Waals surface area contributed by atoms with Crippen molar-refractivity contribution in [1.29, 1.82) is 0 Å². The Hall–Kier alpha value is -1.47. The van der Waals surface area contributed by atoms with Crippen molar-refractivity contribution in [2.45, 2.75) is 19.0 Å². The summed E-state index contributed by atoms with van der Waals surface area (Å²) in [6.07, 6.45) is 1.67. The molecular weight excluding hydrogens is 292 g/mol. The molecule has 2 heterocycles. The largest absolute Gasteiger partial charge is 0.481 e. The fraction of sp³-hybridized carbons (Fsp3) is 0.571. The molecule has 0 saturated carbocycles. The van der Waals surface area contributed by atoms with Crippen molar-refractivity contribution >= 4 is 23.6 Å². The second-order valence-corrected chi connectivity index (χ2v) is 6.28. The lowest BCUT2D eigenvalue weighted by Gasteiger charge is -2.34. The normalized spacial score (nSPS) is 19.4. The van der Waals surface area contributed by atoms with Crippen molar-refractivity contribution in [3.05, 3.63) is 24.2 Å². The molecule has 0 bridgehead atoms. The molecule has 2 rings (SSSR count). The number of amides is 1. The van der Waals surface area contributed by atoms with E-state index in [2.05, 4.69) is 0 Å². The highest BCUT2D eigenvalue weighted by molar-refractivity contribution is 7.99. The standard InChI is InChI=1S/C14H20N2O4S/c1-15(8-12-3-2-5-20-12)13(17)9-16-4-6-21-10-11(16)7-14(18)19/h2-3,5,11H,4,6-10H2,1H3,(H,18,19). The molecule has 1 aliphatic heterocycles. The van der Waals surface area contributed by atoms with E-state index in [0.717, 1.165) is 23.8 Å². The van der Waals surface area contributed by atoms with Crippen LogP contribution in [0.1, 0.15) is 12.2 Å². The average molecular weight is 312 g/mol. The highest BCUT2D eigenvalue weighted by atomic mass is 32.2. The number of carboxylic acid groups (broad SMARTS) is 1. The van der Waals surface area contributed by atoms with Gasteiger partial charge in [0.2, 0.25) is 5.91 Å². The van der Waals surface area contributed by atoms with Crippen LogP contribution in [0.5, 0.6) is 0 Å². The topological polar surface area (TPSA) is 74.0 Å². The second-order valence-electron chi connectivity index (χ2n) is 5.13. The number of carboxylic acids is 1. The molecular formula is C14H20N2O4S. The lowest BCUT2D eigenvalue weighted by atomic mass is 10.2. The average Bonchev–Trinajstić information content (AvgIpc) is 2.93. The minimum Gasteiger partial charge on any atom is -0.481 e. The zero-order valence-corrected chi connectivity index (χ0v) is 12.8. The zero-order chi connectivity index (χ0) is 15.2. The van der Waals surface area contributed by atoms with Gasteiger partial charge >= 0.3 is 5.97 Å². The number of hydrogen-bond acceptors (Lipinski definition) is 5. The molecule has 1 N–H and O–H groups in total. The Morgan fingerprint density at radius 2 is 2.38 bits per heavy atom. The summed E-state index contributed by atoms with van der Waals surface area (Å²) >= 11 is 1.74. The van der Waals surface area contributed by atoms with Crippen LogP contribution in [-0.4, -0.2) is 64.5 Å². The Morgan fingerprint density at radius 1 is 1.57 bits per heavy atom. The predicted octanol–water partition coefficient (Wildman–Crippen LogP) is 1.13. The van der Waals surface area contributed by atoms with Crippen LogP contribution in [0.25, 0.3) is 0 Å². The molecule has 1 amide bonds. The van der Waals surface area contributed by atoms with E-state index in [1.807, 2.05) is 11.0 Å². The molecule has 0 radical (unpaired) electrons. The monoisotopic (exact) mass is 312 g/mol. The predicted molar refractivity (Wildman–Crippen MR) is 80.1 cm³/mol. The van der Waals surface area contributed by atoms with Gasteiger partial charge in [-0.3, -0.25) is 14.5 Å². The molecule has 0 aromatic carbocycles. The summed E-state index contributed by atoms with van der Waals surface area (Å²) in [6.45, 7) is 1.44. The van der Waals surface area contributed by atoms with Gasteiger partial charge in [0.25, 0.3) is 0 Å². The summed E-state index contributed by atoms with van der Waals surface area (Å²) in [5.74, 6) is 1.60. The molecule has 0 aliphatic carbocycles. The third-order valence-electron chi connectivity index (χ3n) is 3.50. The van der Waals surface area contributed by atoms with Gasteiger partial charge in [0.1, 0.15) is 5.76 Å². The highest BCUT2D eigenvalue weighted by Crippen LogP contribution is 2.19. The summed E-state index contributed by atoms with van der Waals surface area (Å²) in [5.41, 5.74) is 0. The van der Waals surface area contributed by atoms with Crippen LogP contribution in [0.4, 0.5) is 0 Å². The third-order valence-corrected chi connectivity index (χ3v) is 4.59. The quantitative estimate of drug-likeness (QED) is 0.849. The smallest absolute Gasteiger partial charge is 0.304 e. The maximum absolute atomic E-state index is 12.3. The van der Waals surface area contributed by atoms with Gasteiger partial charge < -0.3 is 14.4 Å². The van der Waals surface area contributed by atoms with Gasteiger partial charge in [-0.1, -0.05) is 0 Å². The number of furan rings is 1. The van der Waals surface area contributed by atoms with Crippen molar-refractivity contribution in [3.8, 4) is 0 Å². The van der Waals surface area contributed by atoms with Crippen molar-refractivity contribution in [3.63, 3.8) is 0 Å². The lowest BCUT2D eigenvalue weighted by molar-refractivity contribution is -0.139. The molecule has 1 saturated heterocycles. The van der Waals surface area contributed by atoms with Crippen molar-refractivity contribution in [2.75, 3.05) is 31.6 Å². The number of carbonyl (C=O) groups is 2. The number of thioether (sulfide) groups is 1. The Bertz CT molecular complexity index is 477. The van der Waals surface area contributed by atoms with E-state index >= 15 is 0 Å². The molecule has 1 fully saturated rings. The Kier molecular flexibility index (Phi) is 5.69. The summed E-state index contributed by atoms with van der Waals surface area (Å²) in [6, 6.07) is 3.55. The van der Waals surface area contributed by atoms with Crippen LogP contribution in [0.3, 0.4) is 0 Å². The van der Waals surface area contributed by atoms with Gasteiger partial charge in [-0.15, -0.1) is 0 Å². The molecule has 21 heavy (non-hydrogen) atoms. The first-order valence-electron chi connectivity index (χ1n) is 6.86. The lowest BCUT2D eigenvalue weighted by Crippen LogP contribution is -2.48. The SMILES string of the molecule is CN(Cc1ccco1)C(=O)CN1CCSCC1CC(=O)O. The van der Waals surface area contributed by atoms with E-state index in [1.54, 1.807) is 36.0 Å². The first-order valence-corrected chi connectivity index (χ1v) is 8.01. The molecule has 1 aliphatic rings. The van der Waals surface area contributed by atoms with Crippen molar-refractivity contribution < 1.29 is 19.1 Å². The fourth-order valence-corrected chi connectivity index (χ4v) is 3.44. The molecule has 6 nitrogen and oxygen atoms in total. The van der Waals surface area contributed by atoms with E-state index < -0.39 is 5.97 Å². The molecule has 116 valence electrons. The minimum absolute atomic E-state index is 0.0197. The first-order chi connectivity index (χ1) is 10.1. The number of carbonyl (C=O) groups excluding carboxylic acids is 1.